The zero-order valence-electron chi connectivity index (χ0n) is 10.4. The lowest BCUT2D eigenvalue weighted by Gasteiger charge is -2.25. The molecule has 4 heteroatoms. The Labute approximate surface area is 118 Å². The van der Waals surface area contributed by atoms with Crippen LogP contribution in [-0.4, -0.2) is 18.3 Å². The van der Waals surface area contributed by atoms with Crippen LogP contribution in [0.3, 0.4) is 0 Å². The Kier molecular flexibility index (Phi) is 4.55. The first-order chi connectivity index (χ1) is 8.70. The van der Waals surface area contributed by atoms with Crippen LogP contribution in [0.2, 0.25) is 5.02 Å². The van der Waals surface area contributed by atoms with Gasteiger partial charge in [-0.3, -0.25) is 0 Å². The van der Waals surface area contributed by atoms with Crippen LogP contribution in [0.5, 0.6) is 0 Å². The van der Waals surface area contributed by atoms with Crippen molar-refractivity contribution in [1.29, 1.82) is 5.26 Å². The van der Waals surface area contributed by atoms with Gasteiger partial charge in [-0.05, 0) is 43.5 Å². The highest BCUT2D eigenvalue weighted by atomic mass is 35.5. The monoisotopic (exact) mass is 280 g/mol. The minimum Gasteiger partial charge on any atom is -0.302 e. The number of hydrogen-bond acceptors (Lipinski definition) is 3. The first-order valence-corrected chi connectivity index (χ1v) is 7.66. The molecule has 1 atom stereocenters. The van der Waals surface area contributed by atoms with Crippen LogP contribution in [0.15, 0.2) is 24.3 Å². The molecule has 0 spiro atoms. The van der Waals surface area contributed by atoms with E-state index in [4.69, 9.17) is 11.6 Å². The van der Waals surface area contributed by atoms with Crippen LogP contribution >= 0.6 is 23.4 Å². The van der Waals surface area contributed by atoms with Crippen molar-refractivity contribution in [3.05, 3.63) is 34.9 Å². The Morgan fingerprint density at radius 3 is 2.61 bits per heavy atom. The summed E-state index contributed by atoms with van der Waals surface area (Å²) in [7, 11) is 1.89. The number of nitriles is 1. The van der Waals surface area contributed by atoms with Crippen molar-refractivity contribution in [1.82, 2.24) is 5.32 Å². The van der Waals surface area contributed by atoms with Gasteiger partial charge >= 0.3 is 0 Å². The third-order valence-electron chi connectivity index (χ3n) is 3.43. The summed E-state index contributed by atoms with van der Waals surface area (Å²) in [5, 5.41) is 13.4. The van der Waals surface area contributed by atoms with E-state index in [9.17, 15) is 5.26 Å². The number of halogens is 1. The molecule has 0 aromatic heterocycles. The van der Waals surface area contributed by atoms with E-state index in [1.165, 1.54) is 18.4 Å². The van der Waals surface area contributed by atoms with E-state index >= 15 is 0 Å². The Balaban J connectivity index is 1.87. The number of nitrogens with one attached hydrogen (secondary N) is 1. The molecular weight excluding hydrogens is 264 g/mol. The molecule has 0 amide bonds. The summed E-state index contributed by atoms with van der Waals surface area (Å²) in [6, 6.07) is 10.4. The third-order valence-corrected chi connectivity index (χ3v) is 4.88. The molecule has 1 aliphatic carbocycles. The van der Waals surface area contributed by atoms with Crippen molar-refractivity contribution in [3.63, 3.8) is 0 Å². The number of thioether (sulfide) groups is 1. The molecule has 0 heterocycles. The fraction of sp³-hybridized carbons (Fsp3) is 0.500. The van der Waals surface area contributed by atoms with Crippen molar-refractivity contribution in [2.24, 2.45) is 5.92 Å². The second-order valence-electron chi connectivity index (χ2n) is 4.73. The van der Waals surface area contributed by atoms with E-state index in [1.807, 2.05) is 43.1 Å². The van der Waals surface area contributed by atoms with Gasteiger partial charge in [0, 0.05) is 16.5 Å². The molecule has 2 nitrogen and oxygen atoms in total. The van der Waals surface area contributed by atoms with Gasteiger partial charge in [0.2, 0.25) is 0 Å². The summed E-state index contributed by atoms with van der Waals surface area (Å²) in [4.78, 5) is 0. The molecule has 1 aliphatic rings. The molecule has 1 aromatic carbocycles. The molecule has 0 bridgehead atoms. The van der Waals surface area contributed by atoms with Gasteiger partial charge in [0.25, 0.3) is 0 Å². The van der Waals surface area contributed by atoms with Crippen molar-refractivity contribution >= 4 is 23.4 Å². The first-order valence-electron chi connectivity index (χ1n) is 6.12. The summed E-state index contributed by atoms with van der Waals surface area (Å²) >= 11 is 7.66. The van der Waals surface area contributed by atoms with Crippen LogP contribution < -0.4 is 5.32 Å². The fourth-order valence-corrected chi connectivity index (χ4v) is 3.48. The summed E-state index contributed by atoms with van der Waals surface area (Å²) in [5.41, 5.74) is 0.917. The van der Waals surface area contributed by atoms with Gasteiger partial charge in [-0.1, -0.05) is 23.7 Å². The lowest BCUT2D eigenvalue weighted by molar-refractivity contribution is 0.441. The highest BCUT2D eigenvalue weighted by Gasteiger charge is 2.44. The normalized spacial score (nSPS) is 18.1. The minimum absolute atomic E-state index is 0.336. The van der Waals surface area contributed by atoms with E-state index in [2.05, 4.69) is 11.4 Å². The molecule has 0 radical (unpaired) electrons. The number of rotatable bonds is 6. The fourth-order valence-electron chi connectivity index (χ4n) is 2.06. The average Bonchev–Trinajstić information content (AvgIpc) is 3.22. The minimum atomic E-state index is -0.336. The number of hydrogen-bond donors (Lipinski definition) is 1. The molecule has 1 aromatic rings. The molecule has 18 heavy (non-hydrogen) atoms. The van der Waals surface area contributed by atoms with Gasteiger partial charge in [0.05, 0.1) is 6.07 Å². The highest BCUT2D eigenvalue weighted by molar-refractivity contribution is 7.98. The average molecular weight is 281 g/mol. The summed E-state index contributed by atoms with van der Waals surface area (Å²) < 4.78 is 0. The van der Waals surface area contributed by atoms with Gasteiger partial charge in [-0.15, -0.1) is 0 Å². The Hall–Kier alpha value is -0.690. The Bertz CT molecular complexity index is 436. The summed E-state index contributed by atoms with van der Waals surface area (Å²) in [6.07, 6.45) is 2.35. The van der Waals surface area contributed by atoms with Crippen LogP contribution in [-0.2, 0) is 5.75 Å². The molecule has 1 fully saturated rings. The van der Waals surface area contributed by atoms with Gasteiger partial charge in [0.1, 0.15) is 5.54 Å². The maximum atomic E-state index is 9.38. The standard InChI is InChI=1S/C14H17ClN2S/c1-17-14(9-16,12-4-5-12)10-18-8-11-2-6-13(15)7-3-11/h2-3,6-7,12,17H,4-5,8,10H2,1H3. The van der Waals surface area contributed by atoms with Crippen LogP contribution in [0.4, 0.5) is 0 Å². The van der Waals surface area contributed by atoms with E-state index in [0.29, 0.717) is 5.92 Å². The summed E-state index contributed by atoms with van der Waals surface area (Å²) in [6.45, 7) is 0. The predicted molar refractivity (Wildman–Crippen MR) is 77.7 cm³/mol. The second-order valence-corrected chi connectivity index (χ2v) is 6.15. The van der Waals surface area contributed by atoms with E-state index in [1.54, 1.807) is 0 Å². The zero-order valence-corrected chi connectivity index (χ0v) is 12.0. The van der Waals surface area contributed by atoms with Gasteiger partial charge in [-0.2, -0.15) is 17.0 Å². The summed E-state index contributed by atoms with van der Waals surface area (Å²) in [5.74, 6) is 2.30. The Morgan fingerprint density at radius 1 is 1.44 bits per heavy atom. The lowest BCUT2D eigenvalue weighted by atomic mass is 9.98. The second kappa shape index (κ2) is 5.97. The van der Waals surface area contributed by atoms with Crippen molar-refractivity contribution in [3.8, 4) is 6.07 Å². The molecular formula is C14H17ClN2S. The number of nitrogens with zero attached hydrogens (tertiary/aromatic N) is 1. The van der Waals surface area contributed by atoms with Crippen LogP contribution in [0, 0.1) is 17.2 Å². The maximum absolute atomic E-state index is 9.38. The van der Waals surface area contributed by atoms with Crippen molar-refractivity contribution in [2.45, 2.75) is 24.1 Å². The third kappa shape index (κ3) is 3.20. The van der Waals surface area contributed by atoms with Crippen LogP contribution in [0.25, 0.3) is 0 Å². The first kappa shape index (κ1) is 13.7. The quantitative estimate of drug-likeness (QED) is 0.867. The van der Waals surface area contributed by atoms with Gasteiger partial charge < -0.3 is 5.32 Å². The lowest BCUT2D eigenvalue weighted by Crippen LogP contribution is -2.46. The molecule has 2 rings (SSSR count). The number of benzene rings is 1. The highest BCUT2D eigenvalue weighted by Crippen LogP contribution is 2.41. The van der Waals surface area contributed by atoms with E-state index in [-0.39, 0.29) is 5.54 Å². The Morgan fingerprint density at radius 2 is 2.11 bits per heavy atom. The molecule has 0 saturated heterocycles. The maximum Gasteiger partial charge on any atom is 0.118 e. The zero-order chi connectivity index (χ0) is 13.0. The van der Waals surface area contributed by atoms with Crippen molar-refractivity contribution in [2.75, 3.05) is 12.8 Å². The molecule has 1 N–H and O–H groups in total. The van der Waals surface area contributed by atoms with Crippen molar-refractivity contribution < 1.29 is 0 Å². The smallest absolute Gasteiger partial charge is 0.118 e. The molecule has 0 aliphatic heterocycles. The molecule has 1 saturated carbocycles. The predicted octanol–water partition coefficient (Wildman–Crippen LogP) is 3.46. The SMILES string of the molecule is CNC(C#N)(CSCc1ccc(Cl)cc1)C1CC1. The van der Waals surface area contributed by atoms with Gasteiger partial charge in [-0.25, -0.2) is 0 Å². The van der Waals surface area contributed by atoms with E-state index < -0.39 is 0 Å². The van der Waals surface area contributed by atoms with Crippen LogP contribution in [0.1, 0.15) is 18.4 Å². The largest absolute Gasteiger partial charge is 0.302 e. The van der Waals surface area contributed by atoms with E-state index in [0.717, 1.165) is 16.5 Å². The molecule has 96 valence electrons. The van der Waals surface area contributed by atoms with Gasteiger partial charge in [0.15, 0.2) is 0 Å². The molecule has 1 unspecified atom stereocenters. The topological polar surface area (TPSA) is 35.8 Å².